The first-order valence-corrected chi connectivity index (χ1v) is 9.71. The number of rotatable bonds is 7. The van der Waals surface area contributed by atoms with Crippen LogP contribution in [0.15, 0.2) is 54.6 Å². The number of benzene rings is 2. The van der Waals surface area contributed by atoms with Crippen LogP contribution in [0.5, 0.6) is 11.5 Å². The largest absolute Gasteiger partial charge is 0.490 e. The van der Waals surface area contributed by atoms with Gasteiger partial charge in [0.15, 0.2) is 11.5 Å². The molecule has 0 saturated carbocycles. The molecule has 0 aromatic heterocycles. The maximum atomic E-state index is 12.3. The lowest BCUT2D eigenvalue weighted by Gasteiger charge is -2.32. The molecule has 0 spiro atoms. The Hall–Kier alpha value is -2.69. The first-order valence-electron chi connectivity index (χ1n) is 9.71. The van der Waals surface area contributed by atoms with Gasteiger partial charge in [0.05, 0.1) is 6.61 Å². The highest BCUT2D eigenvalue weighted by molar-refractivity contribution is 5.74. The van der Waals surface area contributed by atoms with E-state index in [0.717, 1.165) is 30.8 Å². The molecule has 0 radical (unpaired) electrons. The molecule has 5 heteroatoms. The van der Waals surface area contributed by atoms with E-state index in [4.69, 9.17) is 9.47 Å². The average Bonchev–Trinajstić information content (AvgIpc) is 2.71. The van der Waals surface area contributed by atoms with Crippen molar-refractivity contribution in [1.82, 2.24) is 10.2 Å². The lowest BCUT2D eigenvalue weighted by Crippen LogP contribution is -2.46. The molecule has 1 heterocycles. The summed E-state index contributed by atoms with van der Waals surface area (Å²) in [5.41, 5.74) is 1.23. The van der Waals surface area contributed by atoms with E-state index in [1.54, 1.807) is 0 Å². The number of nitrogens with zero attached hydrogens (tertiary/aromatic N) is 1. The van der Waals surface area contributed by atoms with Crippen molar-refractivity contribution in [2.24, 2.45) is 0 Å². The zero-order valence-corrected chi connectivity index (χ0v) is 15.9. The Labute approximate surface area is 161 Å². The van der Waals surface area contributed by atoms with E-state index in [2.05, 4.69) is 17.4 Å². The Morgan fingerprint density at radius 2 is 1.70 bits per heavy atom. The average molecular weight is 368 g/mol. The minimum atomic E-state index is 0.0131. The molecule has 27 heavy (non-hydrogen) atoms. The van der Waals surface area contributed by atoms with Crippen molar-refractivity contribution < 1.29 is 14.3 Å². The van der Waals surface area contributed by atoms with Crippen molar-refractivity contribution >= 4 is 6.03 Å². The zero-order valence-electron chi connectivity index (χ0n) is 15.9. The third-order valence-electron chi connectivity index (χ3n) is 4.70. The molecule has 1 saturated heterocycles. The Kier molecular flexibility index (Phi) is 6.97. The zero-order chi connectivity index (χ0) is 18.9. The van der Waals surface area contributed by atoms with Crippen LogP contribution in [-0.4, -0.2) is 43.3 Å². The standard InChI is InChI=1S/C22H28N2O3/c1-2-26-20-10-6-7-11-21(20)27-19-13-16-24(17-14-19)22(25)23-15-12-18-8-4-3-5-9-18/h3-11,19H,2,12-17H2,1H3,(H,23,25). The van der Waals surface area contributed by atoms with Gasteiger partial charge in [0.25, 0.3) is 0 Å². The second kappa shape index (κ2) is 9.86. The van der Waals surface area contributed by atoms with Crippen LogP contribution in [0.25, 0.3) is 0 Å². The van der Waals surface area contributed by atoms with E-state index in [9.17, 15) is 4.79 Å². The predicted molar refractivity (Wildman–Crippen MR) is 106 cm³/mol. The fourth-order valence-corrected chi connectivity index (χ4v) is 3.25. The Bertz CT molecular complexity index is 713. The molecular formula is C22H28N2O3. The molecule has 2 aromatic carbocycles. The predicted octanol–water partition coefficient (Wildman–Crippen LogP) is 3.88. The summed E-state index contributed by atoms with van der Waals surface area (Å²) in [5.74, 6) is 1.56. The third-order valence-corrected chi connectivity index (χ3v) is 4.70. The first-order chi connectivity index (χ1) is 13.3. The van der Waals surface area contributed by atoms with Crippen molar-refractivity contribution in [1.29, 1.82) is 0 Å². The molecule has 1 fully saturated rings. The summed E-state index contributed by atoms with van der Waals surface area (Å²) >= 11 is 0. The molecule has 0 bridgehead atoms. The van der Waals surface area contributed by atoms with Gasteiger partial charge in [-0.25, -0.2) is 4.79 Å². The van der Waals surface area contributed by atoms with Gasteiger partial charge in [0, 0.05) is 32.5 Å². The highest BCUT2D eigenvalue weighted by Crippen LogP contribution is 2.29. The minimum Gasteiger partial charge on any atom is -0.490 e. The fraction of sp³-hybridized carbons (Fsp3) is 0.409. The van der Waals surface area contributed by atoms with E-state index in [1.165, 1.54) is 5.56 Å². The van der Waals surface area contributed by atoms with Gasteiger partial charge in [-0.05, 0) is 31.0 Å². The van der Waals surface area contributed by atoms with Crippen molar-refractivity contribution in [2.75, 3.05) is 26.2 Å². The Balaban J connectivity index is 1.41. The second-order valence-electron chi connectivity index (χ2n) is 6.65. The smallest absolute Gasteiger partial charge is 0.317 e. The van der Waals surface area contributed by atoms with Crippen LogP contribution in [0, 0.1) is 0 Å². The number of piperidine rings is 1. The molecule has 1 N–H and O–H groups in total. The van der Waals surface area contributed by atoms with Gasteiger partial charge in [-0.15, -0.1) is 0 Å². The van der Waals surface area contributed by atoms with E-state index >= 15 is 0 Å². The molecule has 0 unspecified atom stereocenters. The maximum absolute atomic E-state index is 12.3. The van der Waals surface area contributed by atoms with Gasteiger partial charge in [-0.3, -0.25) is 0 Å². The molecular weight excluding hydrogens is 340 g/mol. The fourth-order valence-electron chi connectivity index (χ4n) is 3.25. The molecule has 3 rings (SSSR count). The quantitative estimate of drug-likeness (QED) is 0.807. The number of hydrogen-bond donors (Lipinski definition) is 1. The van der Waals surface area contributed by atoms with Crippen LogP contribution < -0.4 is 14.8 Å². The highest BCUT2D eigenvalue weighted by Gasteiger charge is 2.24. The van der Waals surface area contributed by atoms with Gasteiger partial charge in [-0.2, -0.15) is 0 Å². The van der Waals surface area contributed by atoms with Crippen LogP contribution in [0.3, 0.4) is 0 Å². The molecule has 2 aromatic rings. The topological polar surface area (TPSA) is 50.8 Å². The molecule has 144 valence electrons. The minimum absolute atomic E-state index is 0.0131. The summed E-state index contributed by atoms with van der Waals surface area (Å²) in [6.07, 6.45) is 2.61. The lowest BCUT2D eigenvalue weighted by atomic mass is 10.1. The van der Waals surface area contributed by atoms with Gasteiger partial charge < -0.3 is 19.7 Å². The van der Waals surface area contributed by atoms with Crippen LogP contribution in [-0.2, 0) is 6.42 Å². The van der Waals surface area contributed by atoms with Gasteiger partial charge >= 0.3 is 6.03 Å². The summed E-state index contributed by atoms with van der Waals surface area (Å²) in [6.45, 7) is 4.64. The SMILES string of the molecule is CCOc1ccccc1OC1CCN(C(=O)NCCc2ccccc2)CC1. The van der Waals surface area contributed by atoms with Crippen molar-refractivity contribution in [3.05, 3.63) is 60.2 Å². The molecule has 0 aliphatic carbocycles. The number of carbonyl (C=O) groups excluding carboxylic acids is 1. The summed E-state index contributed by atoms with van der Waals surface area (Å²) in [7, 11) is 0. The summed E-state index contributed by atoms with van der Waals surface area (Å²) in [4.78, 5) is 14.2. The van der Waals surface area contributed by atoms with E-state index in [-0.39, 0.29) is 12.1 Å². The molecule has 5 nitrogen and oxygen atoms in total. The third kappa shape index (κ3) is 5.64. The number of ether oxygens (including phenoxy) is 2. The van der Waals surface area contributed by atoms with Crippen molar-refractivity contribution in [3.8, 4) is 11.5 Å². The van der Waals surface area contributed by atoms with Gasteiger partial charge in [0.1, 0.15) is 6.10 Å². The van der Waals surface area contributed by atoms with Crippen LogP contribution >= 0.6 is 0 Å². The monoisotopic (exact) mass is 368 g/mol. The number of amides is 2. The normalized spacial score (nSPS) is 14.6. The van der Waals surface area contributed by atoms with Crippen LogP contribution in [0.2, 0.25) is 0 Å². The number of carbonyl (C=O) groups is 1. The number of nitrogens with one attached hydrogen (secondary N) is 1. The molecule has 1 aliphatic rings. The number of hydrogen-bond acceptors (Lipinski definition) is 3. The first kappa shape index (κ1) is 19.1. The molecule has 0 atom stereocenters. The number of likely N-dealkylation sites (tertiary alicyclic amines) is 1. The van der Waals surface area contributed by atoms with Crippen LogP contribution in [0.4, 0.5) is 4.79 Å². The number of para-hydroxylation sites is 2. The molecule has 1 aliphatic heterocycles. The maximum Gasteiger partial charge on any atom is 0.317 e. The van der Waals surface area contributed by atoms with Gasteiger partial charge in [0.2, 0.25) is 0 Å². The van der Waals surface area contributed by atoms with Crippen molar-refractivity contribution in [3.63, 3.8) is 0 Å². The number of urea groups is 1. The Morgan fingerprint density at radius 1 is 1.04 bits per heavy atom. The van der Waals surface area contributed by atoms with E-state index < -0.39 is 0 Å². The summed E-state index contributed by atoms with van der Waals surface area (Å²) in [5, 5.41) is 3.02. The van der Waals surface area contributed by atoms with E-state index in [0.29, 0.717) is 26.2 Å². The summed E-state index contributed by atoms with van der Waals surface area (Å²) in [6, 6.07) is 18.0. The summed E-state index contributed by atoms with van der Waals surface area (Å²) < 4.78 is 11.7. The van der Waals surface area contributed by atoms with Crippen LogP contribution in [0.1, 0.15) is 25.3 Å². The Morgan fingerprint density at radius 3 is 2.41 bits per heavy atom. The van der Waals surface area contributed by atoms with E-state index in [1.807, 2.05) is 54.3 Å². The van der Waals surface area contributed by atoms with Gasteiger partial charge in [-0.1, -0.05) is 42.5 Å². The lowest BCUT2D eigenvalue weighted by molar-refractivity contribution is 0.107. The molecule has 2 amide bonds. The van der Waals surface area contributed by atoms with Crippen molar-refractivity contribution in [2.45, 2.75) is 32.3 Å². The highest BCUT2D eigenvalue weighted by atomic mass is 16.5. The second-order valence-corrected chi connectivity index (χ2v) is 6.65.